The lowest BCUT2D eigenvalue weighted by atomic mass is 9.91. The van der Waals surface area contributed by atoms with Crippen molar-refractivity contribution in [2.45, 2.75) is 38.3 Å². The summed E-state index contributed by atoms with van der Waals surface area (Å²) in [6, 6.07) is 14.6. The van der Waals surface area contributed by atoms with Gasteiger partial charge in [0.05, 0.1) is 11.6 Å². The number of hydrogen-bond acceptors (Lipinski definition) is 7. The summed E-state index contributed by atoms with van der Waals surface area (Å²) < 4.78 is 5.66. The zero-order valence-corrected chi connectivity index (χ0v) is 17.0. The second kappa shape index (κ2) is 7.88. The Labute approximate surface area is 176 Å². The Balaban J connectivity index is 1.35. The molecule has 5 rings (SSSR count). The number of pyridine rings is 2. The first-order valence-corrected chi connectivity index (χ1v) is 10.5. The summed E-state index contributed by atoms with van der Waals surface area (Å²) in [5.41, 5.74) is 3.42. The van der Waals surface area contributed by atoms with E-state index in [0.29, 0.717) is 11.6 Å². The minimum absolute atomic E-state index is 0.257. The molecule has 2 aliphatic heterocycles. The van der Waals surface area contributed by atoms with E-state index in [-0.39, 0.29) is 6.04 Å². The molecule has 152 valence electrons. The topological polar surface area (TPSA) is 82.1 Å². The Kier molecular flexibility index (Phi) is 4.93. The largest absolute Gasteiger partial charge is 0.354 e. The van der Waals surface area contributed by atoms with Crippen molar-refractivity contribution in [2.75, 3.05) is 24.5 Å². The van der Waals surface area contributed by atoms with Crippen LogP contribution in [-0.4, -0.2) is 45.7 Å². The molecule has 0 radical (unpaired) electrons. The highest BCUT2D eigenvalue weighted by molar-refractivity contribution is 5.54. The van der Waals surface area contributed by atoms with Crippen molar-refractivity contribution in [3.05, 3.63) is 59.5 Å². The number of aromatic nitrogens is 3. The molecule has 2 unspecified atom stereocenters. The average molecular weight is 400 g/mol. The summed E-state index contributed by atoms with van der Waals surface area (Å²) in [6.07, 6.45) is 5.14. The van der Waals surface area contributed by atoms with Crippen molar-refractivity contribution in [3.8, 4) is 17.5 Å². The van der Waals surface area contributed by atoms with Gasteiger partial charge in [-0.1, -0.05) is 11.2 Å². The van der Waals surface area contributed by atoms with Crippen LogP contribution >= 0.6 is 0 Å². The molecule has 0 N–H and O–H groups in total. The van der Waals surface area contributed by atoms with Gasteiger partial charge in [-0.25, -0.2) is 9.97 Å². The summed E-state index contributed by atoms with van der Waals surface area (Å²) in [5.74, 6) is 1.53. The monoisotopic (exact) mass is 400 g/mol. The first-order valence-electron chi connectivity index (χ1n) is 10.5. The predicted octanol–water partition coefficient (Wildman–Crippen LogP) is 3.73. The van der Waals surface area contributed by atoms with Crippen LogP contribution in [0.3, 0.4) is 0 Å². The Morgan fingerprint density at radius 2 is 2.10 bits per heavy atom. The minimum atomic E-state index is 0.257. The van der Waals surface area contributed by atoms with Gasteiger partial charge in [0.1, 0.15) is 23.3 Å². The van der Waals surface area contributed by atoms with E-state index >= 15 is 0 Å². The van der Waals surface area contributed by atoms with Crippen molar-refractivity contribution in [2.24, 2.45) is 0 Å². The van der Waals surface area contributed by atoms with Gasteiger partial charge in [0.25, 0.3) is 0 Å². The lowest BCUT2D eigenvalue weighted by molar-refractivity contribution is 0.0673. The summed E-state index contributed by atoms with van der Waals surface area (Å²) in [7, 11) is 0. The number of aryl methyl sites for hydroxylation is 1. The van der Waals surface area contributed by atoms with Gasteiger partial charge < -0.3 is 9.42 Å². The molecular formula is C23H24N6O. The van der Waals surface area contributed by atoms with Crippen molar-refractivity contribution in [3.63, 3.8) is 0 Å². The molecule has 7 nitrogen and oxygen atoms in total. The van der Waals surface area contributed by atoms with Crippen LogP contribution < -0.4 is 4.90 Å². The number of nitriles is 1. The van der Waals surface area contributed by atoms with E-state index in [9.17, 15) is 5.26 Å². The standard InChI is InChI=1S/C23H24N6O/c1-16-5-2-8-19(26-16)22-13-20(27-30-22)21-9-3-7-18-15-28(11-12-29(18)21)23-17(14-24)6-4-10-25-23/h2,4-6,8,10,13,18,21H,3,7,9,11-12,15H2,1H3. The Morgan fingerprint density at radius 3 is 2.97 bits per heavy atom. The fourth-order valence-corrected chi connectivity index (χ4v) is 4.74. The normalized spacial score (nSPS) is 21.8. The molecule has 0 bridgehead atoms. The maximum atomic E-state index is 9.43. The molecule has 0 aliphatic carbocycles. The fourth-order valence-electron chi connectivity index (χ4n) is 4.74. The molecule has 2 atom stereocenters. The Hall–Kier alpha value is -3.24. The molecular weight excluding hydrogens is 376 g/mol. The van der Waals surface area contributed by atoms with Crippen molar-refractivity contribution >= 4 is 5.82 Å². The highest BCUT2D eigenvalue weighted by Gasteiger charge is 2.37. The van der Waals surface area contributed by atoms with Gasteiger partial charge in [-0.05, 0) is 50.5 Å². The third kappa shape index (κ3) is 3.44. The van der Waals surface area contributed by atoms with E-state index in [1.54, 1.807) is 6.20 Å². The van der Waals surface area contributed by atoms with Gasteiger partial charge in [-0.3, -0.25) is 4.90 Å². The van der Waals surface area contributed by atoms with Crippen LogP contribution in [0.1, 0.15) is 42.3 Å². The van der Waals surface area contributed by atoms with E-state index < -0.39 is 0 Å². The predicted molar refractivity (Wildman–Crippen MR) is 113 cm³/mol. The molecule has 5 heterocycles. The number of hydrogen-bond donors (Lipinski definition) is 0. The van der Waals surface area contributed by atoms with Crippen LogP contribution in [0.25, 0.3) is 11.5 Å². The molecule has 0 spiro atoms. The molecule has 0 amide bonds. The first-order chi connectivity index (χ1) is 14.7. The zero-order chi connectivity index (χ0) is 20.5. The van der Waals surface area contributed by atoms with Crippen LogP contribution in [-0.2, 0) is 0 Å². The number of anilines is 1. The number of piperidine rings is 1. The lowest BCUT2D eigenvalue weighted by Crippen LogP contribution is -2.56. The van der Waals surface area contributed by atoms with Crippen molar-refractivity contribution in [1.82, 2.24) is 20.0 Å². The minimum Gasteiger partial charge on any atom is -0.354 e. The van der Waals surface area contributed by atoms with Gasteiger partial charge >= 0.3 is 0 Å². The van der Waals surface area contributed by atoms with Gasteiger partial charge in [0, 0.05) is 43.6 Å². The third-order valence-corrected chi connectivity index (χ3v) is 6.16. The smallest absolute Gasteiger partial charge is 0.185 e. The summed E-state index contributed by atoms with van der Waals surface area (Å²) >= 11 is 0. The second-order valence-electron chi connectivity index (χ2n) is 8.05. The summed E-state index contributed by atoms with van der Waals surface area (Å²) in [6.45, 7) is 4.63. The van der Waals surface area contributed by atoms with Crippen LogP contribution in [0.15, 0.2) is 47.1 Å². The van der Waals surface area contributed by atoms with E-state index in [0.717, 1.165) is 67.6 Å². The van der Waals surface area contributed by atoms with E-state index in [1.165, 1.54) is 0 Å². The number of piperazine rings is 1. The first kappa shape index (κ1) is 18.8. The van der Waals surface area contributed by atoms with Gasteiger partial charge in [-0.15, -0.1) is 0 Å². The molecule has 2 fully saturated rings. The molecule has 2 saturated heterocycles. The van der Waals surface area contributed by atoms with Gasteiger partial charge in [0.2, 0.25) is 0 Å². The van der Waals surface area contributed by atoms with E-state index in [1.807, 2.05) is 43.3 Å². The van der Waals surface area contributed by atoms with E-state index in [2.05, 4.69) is 31.0 Å². The number of rotatable bonds is 3. The molecule has 2 aliphatic rings. The highest BCUT2D eigenvalue weighted by Crippen LogP contribution is 2.37. The summed E-state index contributed by atoms with van der Waals surface area (Å²) in [4.78, 5) is 13.9. The van der Waals surface area contributed by atoms with Crippen LogP contribution in [0.2, 0.25) is 0 Å². The van der Waals surface area contributed by atoms with Crippen LogP contribution in [0, 0.1) is 18.3 Å². The fraction of sp³-hybridized carbons (Fsp3) is 0.391. The van der Waals surface area contributed by atoms with Gasteiger partial charge in [0.15, 0.2) is 5.76 Å². The molecule has 3 aromatic heterocycles. The van der Waals surface area contributed by atoms with Gasteiger partial charge in [-0.2, -0.15) is 5.26 Å². The number of fused-ring (bicyclic) bond motifs is 1. The van der Waals surface area contributed by atoms with Crippen LogP contribution in [0.5, 0.6) is 0 Å². The Morgan fingerprint density at radius 1 is 1.17 bits per heavy atom. The lowest BCUT2D eigenvalue weighted by Gasteiger charge is -2.48. The summed E-state index contributed by atoms with van der Waals surface area (Å²) in [5, 5.41) is 13.9. The maximum absolute atomic E-state index is 9.43. The van der Waals surface area contributed by atoms with Crippen LogP contribution in [0.4, 0.5) is 5.82 Å². The zero-order valence-electron chi connectivity index (χ0n) is 17.0. The second-order valence-corrected chi connectivity index (χ2v) is 8.05. The average Bonchev–Trinajstić information content (AvgIpc) is 3.28. The highest BCUT2D eigenvalue weighted by atomic mass is 16.5. The maximum Gasteiger partial charge on any atom is 0.185 e. The number of nitrogens with zero attached hydrogens (tertiary/aromatic N) is 6. The molecule has 3 aromatic rings. The Bertz CT molecular complexity index is 1090. The molecule has 30 heavy (non-hydrogen) atoms. The van der Waals surface area contributed by atoms with Crippen molar-refractivity contribution < 1.29 is 4.52 Å². The molecule has 0 saturated carbocycles. The quantitative estimate of drug-likeness (QED) is 0.662. The van der Waals surface area contributed by atoms with E-state index in [4.69, 9.17) is 4.52 Å². The molecule has 0 aromatic carbocycles. The molecule has 7 heteroatoms. The van der Waals surface area contributed by atoms with Crippen molar-refractivity contribution in [1.29, 1.82) is 5.26 Å². The third-order valence-electron chi connectivity index (χ3n) is 6.16. The SMILES string of the molecule is Cc1cccc(-c2cc(C3CCCC4CN(c5ncccc5C#N)CCN43)no2)n1.